The van der Waals surface area contributed by atoms with Gasteiger partial charge in [0.2, 0.25) is 0 Å². The molecule has 2 aliphatic rings. The summed E-state index contributed by atoms with van der Waals surface area (Å²) in [5.41, 5.74) is 2.57. The number of aryl methyl sites for hydroxylation is 2. The third-order valence-electron chi connectivity index (χ3n) is 6.02. The van der Waals surface area contributed by atoms with E-state index >= 15 is 0 Å². The Bertz CT molecular complexity index is 887. The summed E-state index contributed by atoms with van der Waals surface area (Å²) >= 11 is 0. The Labute approximate surface area is 196 Å². The molecule has 1 fully saturated rings. The molecule has 0 amide bonds. The molecule has 180 valence electrons. The van der Waals surface area contributed by atoms with Gasteiger partial charge in [0.15, 0.2) is 11.6 Å². The number of esters is 1. The summed E-state index contributed by atoms with van der Waals surface area (Å²) in [4.78, 5) is 18.5. The largest absolute Gasteiger partial charge is 0.494 e. The van der Waals surface area contributed by atoms with Crippen molar-refractivity contribution in [2.24, 2.45) is 5.92 Å². The van der Waals surface area contributed by atoms with Crippen LogP contribution in [0.1, 0.15) is 43.9 Å². The van der Waals surface area contributed by atoms with Crippen LogP contribution >= 0.6 is 0 Å². The van der Waals surface area contributed by atoms with Crippen LogP contribution in [-0.2, 0) is 22.4 Å². The minimum atomic E-state index is -0.319. The highest BCUT2D eigenvalue weighted by Crippen LogP contribution is 2.23. The van der Waals surface area contributed by atoms with Crippen LogP contribution in [0.5, 0.6) is 5.75 Å². The Morgan fingerprint density at radius 2 is 2.06 bits per heavy atom. The Hall–Kier alpha value is -2.67. The molecule has 1 aromatic carbocycles. The molecule has 0 bridgehead atoms. The first-order valence-electron chi connectivity index (χ1n) is 12.0. The molecule has 0 spiro atoms. The molecule has 0 aliphatic carbocycles. The lowest BCUT2D eigenvalue weighted by atomic mass is 9.93. The first-order chi connectivity index (χ1) is 16.1. The summed E-state index contributed by atoms with van der Waals surface area (Å²) in [6.45, 7) is 6.47. The second-order valence-electron chi connectivity index (χ2n) is 8.55. The van der Waals surface area contributed by atoms with Crippen LogP contribution in [-0.4, -0.2) is 55.7 Å². The van der Waals surface area contributed by atoms with E-state index in [1.165, 1.54) is 43.7 Å². The number of hydrogen-bond acceptors (Lipinski definition) is 6. The van der Waals surface area contributed by atoms with E-state index in [1.54, 1.807) is 18.2 Å². The molecule has 1 aromatic heterocycles. The van der Waals surface area contributed by atoms with E-state index in [4.69, 9.17) is 9.72 Å². The van der Waals surface area contributed by atoms with Crippen molar-refractivity contribution in [3.05, 3.63) is 53.5 Å². The highest BCUT2D eigenvalue weighted by molar-refractivity contribution is 5.69. The van der Waals surface area contributed by atoms with Gasteiger partial charge in [-0.2, -0.15) is 0 Å². The Morgan fingerprint density at radius 3 is 2.79 bits per heavy atom. The van der Waals surface area contributed by atoms with Gasteiger partial charge in [-0.15, -0.1) is 0 Å². The van der Waals surface area contributed by atoms with Gasteiger partial charge in [-0.05, 0) is 68.7 Å². The average molecular weight is 458 g/mol. The van der Waals surface area contributed by atoms with Crippen molar-refractivity contribution in [2.75, 3.05) is 45.2 Å². The molecule has 4 rings (SSSR count). The molecule has 2 aromatic rings. The Kier molecular flexibility index (Phi) is 9.94. The maximum Gasteiger partial charge on any atom is 0.307 e. The number of methoxy groups -OCH3 is 1. The van der Waals surface area contributed by atoms with Gasteiger partial charge in [-0.3, -0.25) is 4.79 Å². The quantitative estimate of drug-likeness (QED) is 0.560. The number of nitrogens with zero attached hydrogens (tertiary/aromatic N) is 2. The number of hydrogen-bond donors (Lipinski definition) is 1. The van der Waals surface area contributed by atoms with Gasteiger partial charge >= 0.3 is 5.97 Å². The summed E-state index contributed by atoms with van der Waals surface area (Å²) in [6.07, 6.45) is 6.40. The molecule has 6 nitrogen and oxygen atoms in total. The lowest BCUT2D eigenvalue weighted by Crippen LogP contribution is -2.47. The summed E-state index contributed by atoms with van der Waals surface area (Å²) in [7, 11) is 1.44. The van der Waals surface area contributed by atoms with E-state index < -0.39 is 0 Å². The average Bonchev–Trinajstić information content (AvgIpc) is 2.81. The van der Waals surface area contributed by atoms with Crippen LogP contribution in [0.15, 0.2) is 36.4 Å². The molecule has 0 atom stereocenters. The van der Waals surface area contributed by atoms with Gasteiger partial charge in [-0.25, -0.2) is 9.37 Å². The normalized spacial score (nSPS) is 15.4. The van der Waals surface area contributed by atoms with Crippen molar-refractivity contribution in [2.45, 2.75) is 45.4 Å². The fraction of sp³-hybridized carbons (Fsp3) is 0.538. The summed E-state index contributed by atoms with van der Waals surface area (Å²) in [5.74, 6) is 1.78. The molecule has 7 heteroatoms. The van der Waals surface area contributed by atoms with E-state index in [0.717, 1.165) is 50.8 Å². The zero-order chi connectivity index (χ0) is 23.5. The number of rotatable bonds is 9. The van der Waals surface area contributed by atoms with Crippen molar-refractivity contribution in [3.63, 3.8) is 0 Å². The number of carbonyl (C=O) groups excluding carboxylic acids is 1. The van der Waals surface area contributed by atoms with Crippen LogP contribution in [0.25, 0.3) is 0 Å². The summed E-state index contributed by atoms with van der Waals surface area (Å²) in [6, 6.07) is 10.7. The summed E-state index contributed by atoms with van der Waals surface area (Å²) in [5, 5.41) is 3.41. The predicted octanol–water partition coefficient (Wildman–Crippen LogP) is 4.48. The maximum atomic E-state index is 12.5. The molecule has 0 saturated carbocycles. The molecule has 0 radical (unpaired) electrons. The number of likely N-dealkylation sites (tertiary alicyclic amines) is 1. The number of carbonyl (C=O) groups is 1. The second kappa shape index (κ2) is 13.1. The van der Waals surface area contributed by atoms with Crippen molar-refractivity contribution in [1.29, 1.82) is 0 Å². The van der Waals surface area contributed by atoms with Crippen LogP contribution in [0.2, 0.25) is 0 Å². The smallest absolute Gasteiger partial charge is 0.307 e. The predicted molar refractivity (Wildman–Crippen MR) is 128 cm³/mol. The van der Waals surface area contributed by atoms with Crippen LogP contribution in [0.3, 0.4) is 0 Å². The van der Waals surface area contributed by atoms with E-state index in [0.29, 0.717) is 13.0 Å². The van der Waals surface area contributed by atoms with E-state index in [2.05, 4.69) is 27.1 Å². The number of ether oxygens (including phenoxy) is 2. The fourth-order valence-corrected chi connectivity index (χ4v) is 4.21. The molecule has 2 aliphatic heterocycles. The molecule has 33 heavy (non-hydrogen) atoms. The molecule has 3 heterocycles. The Balaban J connectivity index is 0.000000286. The SMILES string of the molecule is CCOC(=O)CCN1CC(CCCc2ccc3c(n2)NCCC3)C1.COc1ccccc1F. The highest BCUT2D eigenvalue weighted by atomic mass is 19.1. The topological polar surface area (TPSA) is 63.7 Å². The third-order valence-corrected chi connectivity index (χ3v) is 6.02. The fourth-order valence-electron chi connectivity index (χ4n) is 4.21. The van der Waals surface area contributed by atoms with Crippen LogP contribution in [0.4, 0.5) is 10.2 Å². The summed E-state index contributed by atoms with van der Waals surface area (Å²) < 4.78 is 22.1. The van der Waals surface area contributed by atoms with Crippen molar-refractivity contribution >= 4 is 11.8 Å². The van der Waals surface area contributed by atoms with E-state index in [-0.39, 0.29) is 17.5 Å². The lowest BCUT2D eigenvalue weighted by Gasteiger charge is -2.39. The highest BCUT2D eigenvalue weighted by Gasteiger charge is 2.26. The number of fused-ring (bicyclic) bond motifs is 1. The standard InChI is InChI=1S/C19H29N3O2.C7H7FO/c1-2-24-18(23)10-12-22-13-15(14-22)5-3-7-17-9-8-16-6-4-11-20-19(16)21-17;1-9-7-5-3-2-4-6(7)8/h8-9,15H,2-7,10-14H2,1H3,(H,20,21);2-5H,1H3. The Morgan fingerprint density at radius 1 is 1.24 bits per heavy atom. The zero-order valence-corrected chi connectivity index (χ0v) is 19.8. The van der Waals surface area contributed by atoms with Crippen LogP contribution < -0.4 is 10.1 Å². The monoisotopic (exact) mass is 457 g/mol. The number of benzene rings is 1. The number of anilines is 1. The van der Waals surface area contributed by atoms with E-state index in [1.807, 2.05) is 6.92 Å². The van der Waals surface area contributed by atoms with Gasteiger partial charge in [0.1, 0.15) is 5.82 Å². The van der Waals surface area contributed by atoms with Gasteiger partial charge in [-0.1, -0.05) is 18.2 Å². The van der Waals surface area contributed by atoms with Crippen LogP contribution in [0, 0.1) is 11.7 Å². The van der Waals surface area contributed by atoms with Crippen molar-refractivity contribution < 1.29 is 18.7 Å². The zero-order valence-electron chi connectivity index (χ0n) is 19.8. The van der Waals surface area contributed by atoms with Crippen molar-refractivity contribution in [1.82, 2.24) is 9.88 Å². The third kappa shape index (κ3) is 8.00. The first-order valence-corrected chi connectivity index (χ1v) is 12.0. The van der Waals surface area contributed by atoms with Gasteiger partial charge in [0.25, 0.3) is 0 Å². The number of nitrogens with one attached hydrogen (secondary N) is 1. The first kappa shape index (κ1) is 25.0. The van der Waals surface area contributed by atoms with Crippen molar-refractivity contribution in [3.8, 4) is 5.75 Å². The van der Waals surface area contributed by atoms with Gasteiger partial charge < -0.3 is 19.7 Å². The minimum Gasteiger partial charge on any atom is -0.494 e. The number of para-hydroxylation sites is 1. The molecule has 1 saturated heterocycles. The maximum absolute atomic E-state index is 12.5. The lowest BCUT2D eigenvalue weighted by molar-refractivity contribution is -0.143. The molecular weight excluding hydrogens is 421 g/mol. The van der Waals surface area contributed by atoms with E-state index in [9.17, 15) is 9.18 Å². The number of pyridine rings is 1. The van der Waals surface area contributed by atoms with Gasteiger partial charge in [0.05, 0.1) is 20.1 Å². The molecule has 1 N–H and O–H groups in total. The number of halogens is 1. The van der Waals surface area contributed by atoms with Gasteiger partial charge in [0, 0.05) is 31.9 Å². The number of aromatic nitrogens is 1. The molecular formula is C26H36FN3O3. The second-order valence-corrected chi connectivity index (χ2v) is 8.55. The molecule has 0 unspecified atom stereocenters. The minimum absolute atomic E-state index is 0.0759.